The first-order chi connectivity index (χ1) is 22.7. The summed E-state index contributed by atoms with van der Waals surface area (Å²) < 4.78 is 0. The molecule has 0 saturated heterocycles. The molecule has 0 unspecified atom stereocenters. The van der Waals surface area contributed by atoms with Gasteiger partial charge >= 0.3 is 0 Å². The molecule has 2 nitrogen and oxygen atoms in total. The summed E-state index contributed by atoms with van der Waals surface area (Å²) in [5.41, 5.74) is 8.99. The van der Waals surface area contributed by atoms with E-state index in [1.807, 2.05) is 18.2 Å². The second-order valence-electron chi connectivity index (χ2n) is 11.4. The summed E-state index contributed by atoms with van der Waals surface area (Å²) in [7, 11) is 0. The van der Waals surface area contributed by atoms with Gasteiger partial charge in [-0.05, 0) is 89.4 Å². The third-order valence-corrected chi connectivity index (χ3v) is 8.59. The molecule has 1 aliphatic carbocycles. The van der Waals surface area contributed by atoms with E-state index in [-0.39, 0.29) is 0 Å². The van der Waals surface area contributed by atoms with E-state index in [2.05, 4.69) is 175 Å². The van der Waals surface area contributed by atoms with Crippen LogP contribution in [0.3, 0.4) is 0 Å². The van der Waals surface area contributed by atoms with Gasteiger partial charge in [0, 0.05) is 33.5 Å². The molecule has 6 aromatic carbocycles. The van der Waals surface area contributed by atoms with Gasteiger partial charge in [0.1, 0.15) is 0 Å². The van der Waals surface area contributed by atoms with Gasteiger partial charge < -0.3 is 9.80 Å². The SMILES string of the molecule is C=C/C=C(\C=C)N(c1ccc(-c2ccc(N(C3=CCCC=C3)c3cccc4ccccc34)cc2)cc1)c1cccc2ccccc12. The van der Waals surface area contributed by atoms with E-state index in [0.29, 0.717) is 0 Å². The first-order valence-corrected chi connectivity index (χ1v) is 15.8. The van der Waals surface area contributed by atoms with Gasteiger partial charge in [0.25, 0.3) is 0 Å². The fourth-order valence-corrected chi connectivity index (χ4v) is 6.39. The highest BCUT2D eigenvalue weighted by Crippen LogP contribution is 2.39. The maximum atomic E-state index is 4.12. The van der Waals surface area contributed by atoms with E-state index >= 15 is 0 Å². The van der Waals surface area contributed by atoms with E-state index < -0.39 is 0 Å². The average molecular weight is 593 g/mol. The van der Waals surface area contributed by atoms with Crippen LogP contribution in [0.25, 0.3) is 32.7 Å². The van der Waals surface area contributed by atoms with E-state index in [1.165, 1.54) is 38.5 Å². The zero-order valence-electron chi connectivity index (χ0n) is 25.9. The summed E-state index contributed by atoms with van der Waals surface area (Å²) in [6, 6.07) is 47.8. The summed E-state index contributed by atoms with van der Waals surface area (Å²) in [5, 5.41) is 4.85. The number of benzene rings is 6. The zero-order valence-corrected chi connectivity index (χ0v) is 25.9. The Hall–Kier alpha value is -5.86. The number of hydrogen-bond acceptors (Lipinski definition) is 2. The fraction of sp³-hybridized carbons (Fsp3) is 0.0455. The van der Waals surface area contributed by atoms with Gasteiger partial charge in [0.05, 0.1) is 11.4 Å². The largest absolute Gasteiger partial charge is 0.310 e. The van der Waals surface area contributed by atoms with E-state index in [0.717, 1.165) is 41.2 Å². The van der Waals surface area contributed by atoms with Gasteiger partial charge in [0.15, 0.2) is 0 Å². The molecule has 0 saturated carbocycles. The molecule has 0 spiro atoms. The molecule has 0 atom stereocenters. The second kappa shape index (κ2) is 13.0. The van der Waals surface area contributed by atoms with Crippen molar-refractivity contribution in [2.45, 2.75) is 12.8 Å². The van der Waals surface area contributed by atoms with Crippen LogP contribution in [0.2, 0.25) is 0 Å². The zero-order chi connectivity index (χ0) is 31.3. The molecular weight excluding hydrogens is 556 g/mol. The normalized spacial score (nSPS) is 13.0. The van der Waals surface area contributed by atoms with Crippen LogP contribution in [-0.2, 0) is 0 Å². The summed E-state index contributed by atoms with van der Waals surface area (Å²) >= 11 is 0. The van der Waals surface area contributed by atoms with E-state index in [4.69, 9.17) is 0 Å². The van der Waals surface area contributed by atoms with Crippen LogP contribution in [0.5, 0.6) is 0 Å². The highest BCUT2D eigenvalue weighted by Gasteiger charge is 2.18. The van der Waals surface area contributed by atoms with Crippen LogP contribution in [0.4, 0.5) is 22.7 Å². The van der Waals surface area contributed by atoms with Gasteiger partial charge in [0.2, 0.25) is 0 Å². The van der Waals surface area contributed by atoms with Crippen LogP contribution in [0.15, 0.2) is 194 Å². The lowest BCUT2D eigenvalue weighted by molar-refractivity contribution is 0.998. The average Bonchev–Trinajstić information content (AvgIpc) is 3.13. The van der Waals surface area contributed by atoms with Gasteiger partial charge in [-0.15, -0.1) is 0 Å². The Kier molecular flexibility index (Phi) is 8.17. The number of nitrogens with zero attached hydrogens (tertiary/aromatic N) is 2. The van der Waals surface area contributed by atoms with Crippen molar-refractivity contribution < 1.29 is 0 Å². The molecule has 0 N–H and O–H groups in total. The third-order valence-electron chi connectivity index (χ3n) is 8.59. The molecule has 7 rings (SSSR count). The first kappa shape index (κ1) is 28.9. The molecular formula is C44H36N2. The Morgan fingerprint density at radius 3 is 1.72 bits per heavy atom. The van der Waals surface area contributed by atoms with Crippen molar-refractivity contribution >= 4 is 44.3 Å². The smallest absolute Gasteiger partial charge is 0.0540 e. The number of rotatable bonds is 9. The van der Waals surface area contributed by atoms with Gasteiger partial charge in [-0.25, -0.2) is 0 Å². The van der Waals surface area contributed by atoms with Crippen molar-refractivity contribution in [1.82, 2.24) is 0 Å². The van der Waals surface area contributed by atoms with Crippen molar-refractivity contribution in [3.63, 3.8) is 0 Å². The standard InChI is InChI=1S/C44H36N2/c1-3-14-37(4-2)45(43-23-12-17-35-15-8-10-21-41(35)43)39-29-25-33(26-30-39)34-27-31-40(32-28-34)46(38-19-6-5-7-20-38)44-24-13-18-36-16-9-11-22-42(36)44/h3-4,6,8-32H,1-2,5,7H2/b37-14+. The molecule has 46 heavy (non-hydrogen) atoms. The molecule has 0 heterocycles. The number of allylic oxidation sites excluding steroid dienone is 6. The third kappa shape index (κ3) is 5.58. The number of hydrogen-bond donors (Lipinski definition) is 0. The Balaban J connectivity index is 1.25. The lowest BCUT2D eigenvalue weighted by Gasteiger charge is -2.29. The fourth-order valence-electron chi connectivity index (χ4n) is 6.39. The van der Waals surface area contributed by atoms with Crippen LogP contribution in [0.1, 0.15) is 12.8 Å². The summed E-state index contributed by atoms with van der Waals surface area (Å²) in [5.74, 6) is 0. The predicted molar refractivity (Wildman–Crippen MR) is 199 cm³/mol. The Bertz CT molecular complexity index is 2120. The van der Waals surface area contributed by atoms with Crippen LogP contribution in [0, 0.1) is 0 Å². The molecule has 2 heteroatoms. The molecule has 6 aromatic rings. The molecule has 0 aromatic heterocycles. The molecule has 0 amide bonds. The van der Waals surface area contributed by atoms with Crippen molar-refractivity contribution in [2.75, 3.05) is 9.80 Å². The van der Waals surface area contributed by atoms with Crippen molar-refractivity contribution in [3.05, 3.63) is 194 Å². The van der Waals surface area contributed by atoms with Crippen molar-refractivity contribution in [1.29, 1.82) is 0 Å². The molecule has 0 bridgehead atoms. The maximum absolute atomic E-state index is 4.12. The first-order valence-electron chi connectivity index (χ1n) is 15.8. The van der Waals surface area contributed by atoms with Gasteiger partial charge in [-0.1, -0.05) is 128 Å². The minimum atomic E-state index is 0.961. The predicted octanol–water partition coefficient (Wildman–Crippen LogP) is 12.4. The second-order valence-corrected chi connectivity index (χ2v) is 11.4. The highest BCUT2D eigenvalue weighted by molar-refractivity contribution is 5.98. The topological polar surface area (TPSA) is 6.48 Å². The van der Waals surface area contributed by atoms with Crippen LogP contribution in [-0.4, -0.2) is 0 Å². The van der Waals surface area contributed by atoms with E-state index in [1.54, 1.807) is 0 Å². The summed E-state index contributed by atoms with van der Waals surface area (Å²) in [6.45, 7) is 8.08. The molecule has 222 valence electrons. The van der Waals surface area contributed by atoms with E-state index in [9.17, 15) is 0 Å². The molecule has 0 aliphatic heterocycles. The highest BCUT2D eigenvalue weighted by atomic mass is 15.2. The van der Waals surface area contributed by atoms with Crippen molar-refractivity contribution in [2.24, 2.45) is 0 Å². The monoisotopic (exact) mass is 592 g/mol. The lowest BCUT2D eigenvalue weighted by atomic mass is 10.0. The minimum absolute atomic E-state index is 0.961. The summed E-state index contributed by atoms with van der Waals surface area (Å²) in [4.78, 5) is 4.63. The molecule has 0 radical (unpaired) electrons. The maximum Gasteiger partial charge on any atom is 0.0540 e. The molecule has 1 aliphatic rings. The Labute approximate surface area is 271 Å². The van der Waals surface area contributed by atoms with Gasteiger partial charge in [-0.2, -0.15) is 0 Å². The quantitative estimate of drug-likeness (QED) is 0.154. The Morgan fingerprint density at radius 2 is 1.13 bits per heavy atom. The van der Waals surface area contributed by atoms with Gasteiger partial charge in [-0.3, -0.25) is 0 Å². The van der Waals surface area contributed by atoms with Crippen LogP contribution >= 0.6 is 0 Å². The minimum Gasteiger partial charge on any atom is -0.310 e. The number of anilines is 4. The van der Waals surface area contributed by atoms with Crippen LogP contribution < -0.4 is 9.80 Å². The van der Waals surface area contributed by atoms with Crippen molar-refractivity contribution in [3.8, 4) is 11.1 Å². The Morgan fingerprint density at radius 1 is 0.565 bits per heavy atom. The summed E-state index contributed by atoms with van der Waals surface area (Å²) in [6.07, 6.45) is 14.7. The molecule has 0 fully saturated rings. The lowest BCUT2D eigenvalue weighted by Crippen LogP contribution is -2.16. The number of fused-ring (bicyclic) bond motifs is 2.